The zero-order chi connectivity index (χ0) is 13.1. The van der Waals surface area contributed by atoms with E-state index in [1.807, 2.05) is 6.07 Å². The number of nitrogens with one attached hydrogen (secondary N) is 1. The van der Waals surface area contributed by atoms with Gasteiger partial charge in [0.2, 0.25) is 0 Å². The molecule has 0 fully saturated rings. The summed E-state index contributed by atoms with van der Waals surface area (Å²) in [5.74, 6) is -0.644. The maximum Gasteiger partial charge on any atom is 0.256 e. The number of hydrogen-bond donors (Lipinski definition) is 1. The lowest BCUT2D eigenvalue weighted by Crippen LogP contribution is -2.13. The van der Waals surface area contributed by atoms with E-state index in [1.165, 1.54) is 12.1 Å². The van der Waals surface area contributed by atoms with Crippen LogP contribution in [0.2, 0.25) is 5.02 Å². The quantitative estimate of drug-likeness (QED) is 0.812. The van der Waals surface area contributed by atoms with Crippen LogP contribution in [0.4, 0.5) is 10.2 Å². The number of hydrogen-bond acceptors (Lipinski definition) is 2. The summed E-state index contributed by atoms with van der Waals surface area (Å²) in [4.78, 5) is 15.8. The van der Waals surface area contributed by atoms with Crippen LogP contribution >= 0.6 is 34.2 Å². The first kappa shape index (κ1) is 13.2. The van der Waals surface area contributed by atoms with E-state index in [1.54, 1.807) is 12.3 Å². The average molecular weight is 377 g/mol. The van der Waals surface area contributed by atoms with Crippen molar-refractivity contribution in [2.24, 2.45) is 0 Å². The van der Waals surface area contributed by atoms with Crippen LogP contribution in [0.5, 0.6) is 0 Å². The first-order valence-electron chi connectivity index (χ1n) is 4.94. The van der Waals surface area contributed by atoms with E-state index in [4.69, 9.17) is 11.6 Å². The number of anilines is 1. The van der Waals surface area contributed by atoms with E-state index in [0.717, 1.165) is 9.64 Å². The third-order valence-electron chi connectivity index (χ3n) is 2.15. The lowest BCUT2D eigenvalue weighted by atomic mass is 10.2. The summed E-state index contributed by atoms with van der Waals surface area (Å²) in [5.41, 5.74) is 0.192. The first-order valence-corrected chi connectivity index (χ1v) is 6.40. The molecule has 0 spiro atoms. The molecule has 1 aromatic heterocycles. The van der Waals surface area contributed by atoms with Gasteiger partial charge in [-0.15, -0.1) is 0 Å². The van der Waals surface area contributed by atoms with Gasteiger partial charge in [-0.1, -0.05) is 11.6 Å². The molecule has 0 aliphatic carbocycles. The molecule has 1 heterocycles. The molecule has 0 aliphatic rings. The Bertz CT molecular complexity index is 589. The third-order valence-corrected chi connectivity index (χ3v) is 3.10. The van der Waals surface area contributed by atoms with Gasteiger partial charge < -0.3 is 5.32 Å². The van der Waals surface area contributed by atoms with Crippen molar-refractivity contribution in [3.05, 3.63) is 56.5 Å². The van der Waals surface area contributed by atoms with Gasteiger partial charge in [-0.25, -0.2) is 9.37 Å². The highest BCUT2D eigenvalue weighted by Gasteiger charge is 2.09. The Morgan fingerprint density at radius 1 is 1.33 bits per heavy atom. The first-order chi connectivity index (χ1) is 8.56. The Labute approximate surface area is 122 Å². The molecule has 1 N–H and O–H groups in total. The van der Waals surface area contributed by atoms with Crippen LogP contribution in [0.25, 0.3) is 0 Å². The lowest BCUT2D eigenvalue weighted by Gasteiger charge is -2.05. The molecular weight excluding hydrogens is 370 g/mol. The van der Waals surface area contributed by atoms with Gasteiger partial charge >= 0.3 is 0 Å². The van der Waals surface area contributed by atoms with E-state index >= 15 is 0 Å². The van der Waals surface area contributed by atoms with Crippen molar-refractivity contribution >= 4 is 45.9 Å². The Balaban J connectivity index is 2.16. The van der Waals surface area contributed by atoms with Gasteiger partial charge in [-0.05, 0) is 52.9 Å². The molecule has 2 aromatic rings. The van der Waals surface area contributed by atoms with Gasteiger partial charge in [0.25, 0.3) is 5.91 Å². The van der Waals surface area contributed by atoms with Crippen molar-refractivity contribution in [1.82, 2.24) is 4.98 Å². The van der Waals surface area contributed by atoms with Crippen LogP contribution in [0.15, 0.2) is 36.5 Å². The smallest absolute Gasteiger partial charge is 0.256 e. The SMILES string of the molecule is O=C(Nc1ccc(I)cn1)c1ccc(Cl)c(F)c1. The molecule has 0 bridgehead atoms. The molecule has 0 radical (unpaired) electrons. The number of halogens is 3. The molecule has 6 heteroatoms. The standard InChI is InChI=1S/C12H7ClFIN2O/c13-9-3-1-7(5-10(9)14)12(18)17-11-4-2-8(15)6-16-11/h1-6H,(H,16,17,18). The second-order valence-corrected chi connectivity index (χ2v) is 5.10. The largest absolute Gasteiger partial charge is 0.307 e. The minimum atomic E-state index is -0.625. The highest BCUT2D eigenvalue weighted by Crippen LogP contribution is 2.16. The molecule has 18 heavy (non-hydrogen) atoms. The number of carbonyl (C=O) groups is 1. The molecule has 1 amide bonds. The number of pyridine rings is 1. The molecular formula is C12H7ClFIN2O. The van der Waals surface area contributed by atoms with Crippen molar-refractivity contribution in [3.63, 3.8) is 0 Å². The summed E-state index contributed by atoms with van der Waals surface area (Å²) in [7, 11) is 0. The Morgan fingerprint density at radius 2 is 2.11 bits per heavy atom. The maximum atomic E-state index is 13.2. The summed E-state index contributed by atoms with van der Waals surface area (Å²) in [6.45, 7) is 0. The van der Waals surface area contributed by atoms with Crippen LogP contribution in [0, 0.1) is 9.39 Å². The second kappa shape index (κ2) is 5.62. The summed E-state index contributed by atoms with van der Waals surface area (Å²) in [5, 5.41) is 2.55. The molecule has 0 atom stereocenters. The predicted molar refractivity (Wildman–Crippen MR) is 76.3 cm³/mol. The van der Waals surface area contributed by atoms with Crippen LogP contribution < -0.4 is 5.32 Å². The van der Waals surface area contributed by atoms with Gasteiger partial charge in [0, 0.05) is 15.3 Å². The number of amides is 1. The fraction of sp³-hybridized carbons (Fsp3) is 0. The highest BCUT2D eigenvalue weighted by atomic mass is 127. The Kier molecular flexibility index (Phi) is 4.13. The van der Waals surface area contributed by atoms with Gasteiger partial charge in [-0.2, -0.15) is 0 Å². The number of benzene rings is 1. The van der Waals surface area contributed by atoms with Crippen molar-refractivity contribution < 1.29 is 9.18 Å². The molecule has 0 saturated carbocycles. The molecule has 0 saturated heterocycles. The number of nitrogens with zero attached hydrogens (tertiary/aromatic N) is 1. The summed E-state index contributed by atoms with van der Waals surface area (Å²) in [6, 6.07) is 7.36. The van der Waals surface area contributed by atoms with Gasteiger partial charge in [-0.3, -0.25) is 4.79 Å². The normalized spacial score (nSPS) is 10.2. The molecule has 92 valence electrons. The highest BCUT2D eigenvalue weighted by molar-refractivity contribution is 14.1. The Morgan fingerprint density at radius 3 is 2.72 bits per heavy atom. The van der Waals surface area contributed by atoms with E-state index < -0.39 is 11.7 Å². The van der Waals surface area contributed by atoms with E-state index in [0.29, 0.717) is 5.82 Å². The fourth-order valence-electron chi connectivity index (χ4n) is 1.28. The van der Waals surface area contributed by atoms with Crippen molar-refractivity contribution in [2.45, 2.75) is 0 Å². The summed E-state index contributed by atoms with van der Waals surface area (Å²) in [6.07, 6.45) is 1.62. The van der Waals surface area contributed by atoms with E-state index in [-0.39, 0.29) is 10.6 Å². The number of rotatable bonds is 2. The third kappa shape index (κ3) is 3.17. The van der Waals surface area contributed by atoms with Gasteiger partial charge in [0.15, 0.2) is 0 Å². The number of aromatic nitrogens is 1. The molecule has 2 rings (SSSR count). The second-order valence-electron chi connectivity index (χ2n) is 3.44. The van der Waals surface area contributed by atoms with E-state index in [9.17, 15) is 9.18 Å². The van der Waals surface area contributed by atoms with Crippen LogP contribution in [0.1, 0.15) is 10.4 Å². The van der Waals surface area contributed by atoms with E-state index in [2.05, 4.69) is 32.9 Å². The summed E-state index contributed by atoms with van der Waals surface area (Å²) >= 11 is 7.65. The maximum absolute atomic E-state index is 13.2. The van der Waals surface area contributed by atoms with Crippen molar-refractivity contribution in [2.75, 3.05) is 5.32 Å². The zero-order valence-corrected chi connectivity index (χ0v) is 11.9. The molecule has 1 aromatic carbocycles. The predicted octanol–water partition coefficient (Wildman–Crippen LogP) is 3.73. The summed E-state index contributed by atoms with van der Waals surface area (Å²) < 4.78 is 14.2. The zero-order valence-electron chi connectivity index (χ0n) is 8.95. The lowest BCUT2D eigenvalue weighted by molar-refractivity contribution is 0.102. The van der Waals surface area contributed by atoms with Gasteiger partial charge in [0.1, 0.15) is 11.6 Å². The monoisotopic (exact) mass is 376 g/mol. The van der Waals surface area contributed by atoms with Crippen LogP contribution in [0.3, 0.4) is 0 Å². The fourth-order valence-corrected chi connectivity index (χ4v) is 1.71. The van der Waals surface area contributed by atoms with Crippen LogP contribution in [-0.2, 0) is 0 Å². The minimum Gasteiger partial charge on any atom is -0.307 e. The number of carbonyl (C=O) groups excluding carboxylic acids is 1. The molecule has 0 unspecified atom stereocenters. The van der Waals surface area contributed by atoms with Crippen LogP contribution in [-0.4, -0.2) is 10.9 Å². The topological polar surface area (TPSA) is 42.0 Å². The molecule has 3 nitrogen and oxygen atoms in total. The van der Waals surface area contributed by atoms with Crippen molar-refractivity contribution in [3.8, 4) is 0 Å². The minimum absolute atomic E-state index is 0.0149. The van der Waals surface area contributed by atoms with Crippen molar-refractivity contribution in [1.29, 1.82) is 0 Å². The van der Waals surface area contributed by atoms with Gasteiger partial charge in [0.05, 0.1) is 5.02 Å². The Hall–Kier alpha value is -1.21. The molecule has 0 aliphatic heterocycles. The average Bonchev–Trinajstić information content (AvgIpc) is 2.35.